The van der Waals surface area contributed by atoms with Gasteiger partial charge in [0.25, 0.3) is 0 Å². The van der Waals surface area contributed by atoms with Crippen molar-refractivity contribution in [1.29, 1.82) is 0 Å². The lowest BCUT2D eigenvalue weighted by Gasteiger charge is -2.16. The summed E-state index contributed by atoms with van der Waals surface area (Å²) in [6.07, 6.45) is 0.542. The summed E-state index contributed by atoms with van der Waals surface area (Å²) < 4.78 is 5.15. The molecule has 2 heteroatoms. The molecule has 2 nitrogen and oxygen atoms in total. The minimum Gasteiger partial charge on any atom is -0.450 e. The second kappa shape index (κ2) is 5.79. The van der Waals surface area contributed by atoms with Gasteiger partial charge in [-0.2, -0.15) is 0 Å². The van der Waals surface area contributed by atoms with E-state index in [-0.39, 0.29) is 0 Å². The summed E-state index contributed by atoms with van der Waals surface area (Å²) in [5.41, 5.74) is 0.629. The average Bonchev–Trinajstić information content (AvgIpc) is 2.37. The molecule has 0 aliphatic carbocycles. The van der Waals surface area contributed by atoms with Gasteiger partial charge in [-0.05, 0) is 37.1 Å². The van der Waals surface area contributed by atoms with Crippen LogP contribution in [0.2, 0.25) is 0 Å². The summed E-state index contributed by atoms with van der Waals surface area (Å²) in [5.74, 6) is 4.96. The summed E-state index contributed by atoms with van der Waals surface area (Å²) in [4.78, 5) is 11.5. The third-order valence-electron chi connectivity index (χ3n) is 2.75. The topological polar surface area (TPSA) is 26.3 Å². The standard InChI is InChI=1S/C18H18O2/c1-18(2,3)20-17(19)13-7-11-15-10-6-9-14-8-4-5-12-16(14)15/h4-6,8-10,12H,11H2,1-3H3. The van der Waals surface area contributed by atoms with Crippen LogP contribution in [0.5, 0.6) is 0 Å². The summed E-state index contributed by atoms with van der Waals surface area (Å²) in [7, 11) is 0. The molecule has 20 heavy (non-hydrogen) atoms. The molecule has 0 saturated heterocycles. The number of ether oxygens (including phenoxy) is 1. The highest BCUT2D eigenvalue weighted by Crippen LogP contribution is 2.18. The van der Waals surface area contributed by atoms with E-state index < -0.39 is 11.6 Å². The Balaban J connectivity index is 2.13. The van der Waals surface area contributed by atoms with E-state index in [0.29, 0.717) is 6.42 Å². The largest absolute Gasteiger partial charge is 0.450 e. The van der Waals surface area contributed by atoms with E-state index in [9.17, 15) is 4.79 Å². The van der Waals surface area contributed by atoms with Gasteiger partial charge >= 0.3 is 5.97 Å². The highest BCUT2D eigenvalue weighted by Gasteiger charge is 2.14. The average molecular weight is 266 g/mol. The minimum atomic E-state index is -0.495. The van der Waals surface area contributed by atoms with E-state index in [2.05, 4.69) is 30.0 Å². The van der Waals surface area contributed by atoms with Crippen molar-refractivity contribution in [3.05, 3.63) is 48.0 Å². The van der Waals surface area contributed by atoms with Crippen molar-refractivity contribution in [1.82, 2.24) is 0 Å². The third kappa shape index (κ3) is 3.86. The molecule has 0 amide bonds. The maximum absolute atomic E-state index is 11.5. The van der Waals surface area contributed by atoms with Crippen LogP contribution in [0.15, 0.2) is 42.5 Å². The predicted octanol–water partition coefficient (Wildman–Crippen LogP) is 3.73. The summed E-state index contributed by atoms with van der Waals surface area (Å²) in [6, 6.07) is 14.3. The fourth-order valence-electron chi connectivity index (χ4n) is 1.96. The van der Waals surface area contributed by atoms with Crippen LogP contribution in [0.4, 0.5) is 0 Å². The number of hydrogen-bond donors (Lipinski definition) is 0. The van der Waals surface area contributed by atoms with Crippen LogP contribution < -0.4 is 0 Å². The number of carbonyl (C=O) groups is 1. The number of carbonyl (C=O) groups excluding carboxylic acids is 1. The number of rotatable bonds is 1. The molecule has 2 aromatic rings. The molecule has 2 aromatic carbocycles. The molecule has 0 radical (unpaired) electrons. The maximum Gasteiger partial charge on any atom is 0.384 e. The van der Waals surface area contributed by atoms with Gasteiger partial charge < -0.3 is 4.74 Å². The lowest BCUT2D eigenvalue weighted by Crippen LogP contribution is -2.22. The molecule has 0 bridgehead atoms. The molecule has 102 valence electrons. The first-order valence-electron chi connectivity index (χ1n) is 6.64. The molecule has 0 unspecified atom stereocenters. The van der Waals surface area contributed by atoms with Gasteiger partial charge in [0, 0.05) is 12.3 Å². The maximum atomic E-state index is 11.5. The normalized spacial score (nSPS) is 10.8. The molecule has 0 N–H and O–H groups in total. The number of hydrogen-bond acceptors (Lipinski definition) is 2. The van der Waals surface area contributed by atoms with E-state index in [4.69, 9.17) is 4.74 Å². The van der Waals surface area contributed by atoms with Gasteiger partial charge in [0.2, 0.25) is 0 Å². The second-order valence-corrected chi connectivity index (χ2v) is 5.62. The van der Waals surface area contributed by atoms with Gasteiger partial charge in [-0.25, -0.2) is 4.79 Å². The van der Waals surface area contributed by atoms with Gasteiger partial charge in [0.1, 0.15) is 5.60 Å². The Bertz CT molecular complexity index is 676. The van der Waals surface area contributed by atoms with Crippen LogP contribution in [-0.4, -0.2) is 11.6 Å². The van der Waals surface area contributed by atoms with Crippen molar-refractivity contribution in [2.45, 2.75) is 32.8 Å². The monoisotopic (exact) mass is 266 g/mol. The molecule has 0 aliphatic rings. The zero-order valence-corrected chi connectivity index (χ0v) is 12.1. The Labute approximate surface area is 119 Å². The summed E-state index contributed by atoms with van der Waals surface area (Å²) in [6.45, 7) is 5.49. The first kappa shape index (κ1) is 14.1. The van der Waals surface area contributed by atoms with Crippen molar-refractivity contribution in [2.75, 3.05) is 0 Å². The molecular weight excluding hydrogens is 248 g/mol. The molecule has 0 atom stereocenters. The molecule has 0 spiro atoms. The fourth-order valence-corrected chi connectivity index (χ4v) is 1.96. The van der Waals surface area contributed by atoms with E-state index >= 15 is 0 Å². The van der Waals surface area contributed by atoms with Crippen molar-refractivity contribution >= 4 is 16.7 Å². The zero-order chi connectivity index (χ0) is 14.6. The van der Waals surface area contributed by atoms with E-state index in [1.54, 1.807) is 0 Å². The quantitative estimate of drug-likeness (QED) is 0.446. The van der Waals surface area contributed by atoms with Gasteiger partial charge in [-0.3, -0.25) is 0 Å². The first-order chi connectivity index (χ1) is 9.46. The molecule has 0 fully saturated rings. The number of fused-ring (bicyclic) bond motifs is 1. The lowest BCUT2D eigenvalue weighted by molar-refractivity contribution is -0.147. The molecule has 0 heterocycles. The number of esters is 1. The predicted molar refractivity (Wildman–Crippen MR) is 81.3 cm³/mol. The third-order valence-corrected chi connectivity index (χ3v) is 2.75. The molecule has 0 aliphatic heterocycles. The smallest absolute Gasteiger partial charge is 0.384 e. The van der Waals surface area contributed by atoms with Crippen LogP contribution in [0, 0.1) is 11.8 Å². The van der Waals surface area contributed by atoms with Crippen LogP contribution in [-0.2, 0) is 16.0 Å². The van der Waals surface area contributed by atoms with Crippen LogP contribution in [0.1, 0.15) is 26.3 Å². The van der Waals surface area contributed by atoms with Gasteiger partial charge in [-0.15, -0.1) is 0 Å². The Morgan fingerprint density at radius 2 is 1.80 bits per heavy atom. The van der Waals surface area contributed by atoms with Gasteiger partial charge in [0.15, 0.2) is 0 Å². The van der Waals surface area contributed by atoms with E-state index in [0.717, 1.165) is 5.56 Å². The van der Waals surface area contributed by atoms with Crippen LogP contribution >= 0.6 is 0 Å². The van der Waals surface area contributed by atoms with E-state index in [1.807, 2.05) is 45.0 Å². The van der Waals surface area contributed by atoms with Crippen LogP contribution in [0.3, 0.4) is 0 Å². The van der Waals surface area contributed by atoms with Crippen molar-refractivity contribution in [3.63, 3.8) is 0 Å². The highest BCUT2D eigenvalue weighted by molar-refractivity contribution is 5.89. The fraction of sp³-hybridized carbons (Fsp3) is 0.278. The minimum absolute atomic E-state index is 0.474. The van der Waals surface area contributed by atoms with Crippen molar-refractivity contribution in [3.8, 4) is 11.8 Å². The molecular formula is C18H18O2. The Morgan fingerprint density at radius 3 is 2.55 bits per heavy atom. The number of benzene rings is 2. The first-order valence-corrected chi connectivity index (χ1v) is 6.64. The summed E-state index contributed by atoms with van der Waals surface area (Å²) in [5, 5.41) is 2.36. The second-order valence-electron chi connectivity index (χ2n) is 5.62. The molecule has 2 rings (SSSR count). The lowest BCUT2D eigenvalue weighted by atomic mass is 10.0. The molecule has 0 aromatic heterocycles. The van der Waals surface area contributed by atoms with E-state index in [1.165, 1.54) is 10.8 Å². The SMILES string of the molecule is CC(C)(C)OC(=O)C#CCc1cccc2ccccc12. The Hall–Kier alpha value is -2.27. The Morgan fingerprint density at radius 1 is 1.10 bits per heavy atom. The van der Waals surface area contributed by atoms with Gasteiger partial charge in [-0.1, -0.05) is 48.4 Å². The van der Waals surface area contributed by atoms with Gasteiger partial charge in [0.05, 0.1) is 0 Å². The van der Waals surface area contributed by atoms with Crippen molar-refractivity contribution in [2.24, 2.45) is 0 Å². The zero-order valence-electron chi connectivity index (χ0n) is 12.1. The highest BCUT2D eigenvalue weighted by atomic mass is 16.6. The Kier molecular flexibility index (Phi) is 4.10. The van der Waals surface area contributed by atoms with Crippen molar-refractivity contribution < 1.29 is 9.53 Å². The molecule has 0 saturated carbocycles. The summed E-state index contributed by atoms with van der Waals surface area (Å²) >= 11 is 0. The van der Waals surface area contributed by atoms with Crippen LogP contribution in [0.25, 0.3) is 10.8 Å².